The molecular weight excluding hydrogens is 322 g/mol. The van der Waals surface area contributed by atoms with Gasteiger partial charge in [0.2, 0.25) is 0 Å². The van der Waals surface area contributed by atoms with E-state index < -0.39 is 9.84 Å². The van der Waals surface area contributed by atoms with Crippen molar-refractivity contribution in [1.82, 2.24) is 14.9 Å². The standard InChI is InChI=1S/C11H14ClN3O3S2/c1-15(7-3-4-20(17,18)6-7)10(16)9-8(12)5-13-11(14-9)19-2/h5,7H,3-4,6H2,1-2H3. The van der Waals surface area contributed by atoms with Gasteiger partial charge < -0.3 is 4.90 Å². The SMILES string of the molecule is CSc1ncc(Cl)c(C(=O)N(C)C2CCS(=O)(=O)C2)n1. The summed E-state index contributed by atoms with van der Waals surface area (Å²) in [5, 5.41) is 0.616. The number of rotatable bonds is 3. The first-order chi connectivity index (χ1) is 9.34. The van der Waals surface area contributed by atoms with E-state index in [1.54, 1.807) is 13.3 Å². The minimum absolute atomic E-state index is 0.00662. The molecule has 0 saturated carbocycles. The maximum Gasteiger partial charge on any atom is 0.274 e. The Labute approximate surface area is 126 Å². The molecule has 20 heavy (non-hydrogen) atoms. The number of hydrogen-bond acceptors (Lipinski definition) is 6. The molecule has 0 aliphatic carbocycles. The average molecular weight is 336 g/mol. The molecule has 0 spiro atoms. The van der Waals surface area contributed by atoms with E-state index >= 15 is 0 Å². The Morgan fingerprint density at radius 3 is 2.80 bits per heavy atom. The molecule has 1 aromatic heterocycles. The largest absolute Gasteiger partial charge is 0.336 e. The van der Waals surface area contributed by atoms with Crippen LogP contribution in [0.3, 0.4) is 0 Å². The van der Waals surface area contributed by atoms with Crippen LogP contribution in [0.2, 0.25) is 5.02 Å². The molecule has 9 heteroatoms. The molecule has 0 bridgehead atoms. The predicted molar refractivity (Wildman–Crippen MR) is 78.0 cm³/mol. The molecular formula is C11H14ClN3O3S2. The summed E-state index contributed by atoms with van der Waals surface area (Å²) >= 11 is 7.26. The van der Waals surface area contributed by atoms with Gasteiger partial charge in [0.25, 0.3) is 5.91 Å². The zero-order valence-electron chi connectivity index (χ0n) is 11.0. The summed E-state index contributed by atoms with van der Waals surface area (Å²) in [5.41, 5.74) is 0.109. The highest BCUT2D eigenvalue weighted by molar-refractivity contribution is 7.98. The van der Waals surface area contributed by atoms with Crippen molar-refractivity contribution in [3.05, 3.63) is 16.9 Å². The Morgan fingerprint density at radius 1 is 1.55 bits per heavy atom. The van der Waals surface area contributed by atoms with Gasteiger partial charge in [-0.05, 0) is 12.7 Å². The number of carbonyl (C=O) groups excluding carboxylic acids is 1. The second-order valence-corrected chi connectivity index (χ2v) is 7.94. The molecule has 1 fully saturated rings. The van der Waals surface area contributed by atoms with Crippen LogP contribution in [0, 0.1) is 0 Å². The van der Waals surface area contributed by atoms with Gasteiger partial charge in [0.15, 0.2) is 20.7 Å². The molecule has 1 saturated heterocycles. The fourth-order valence-corrected chi connectivity index (χ4v) is 4.30. The van der Waals surface area contributed by atoms with Gasteiger partial charge in [-0.25, -0.2) is 18.4 Å². The van der Waals surface area contributed by atoms with E-state index in [9.17, 15) is 13.2 Å². The number of nitrogens with zero attached hydrogens (tertiary/aromatic N) is 3. The van der Waals surface area contributed by atoms with Crippen molar-refractivity contribution >= 4 is 39.1 Å². The zero-order valence-corrected chi connectivity index (χ0v) is 13.4. The molecule has 1 aliphatic heterocycles. The monoisotopic (exact) mass is 335 g/mol. The van der Waals surface area contributed by atoms with Crippen LogP contribution in [0.15, 0.2) is 11.4 Å². The molecule has 1 aliphatic rings. The van der Waals surface area contributed by atoms with Crippen molar-refractivity contribution in [3.8, 4) is 0 Å². The molecule has 0 aromatic carbocycles. The lowest BCUT2D eigenvalue weighted by Gasteiger charge is -2.23. The lowest BCUT2D eigenvalue weighted by atomic mass is 10.2. The van der Waals surface area contributed by atoms with Crippen molar-refractivity contribution in [3.63, 3.8) is 0 Å². The normalized spacial score (nSPS) is 20.9. The van der Waals surface area contributed by atoms with Crippen molar-refractivity contribution in [1.29, 1.82) is 0 Å². The number of amides is 1. The van der Waals surface area contributed by atoms with Crippen LogP contribution in [0.4, 0.5) is 0 Å². The van der Waals surface area contributed by atoms with Gasteiger partial charge in [-0.15, -0.1) is 0 Å². The quantitative estimate of drug-likeness (QED) is 0.608. The van der Waals surface area contributed by atoms with E-state index in [4.69, 9.17) is 11.6 Å². The maximum absolute atomic E-state index is 12.4. The Kier molecular flexibility index (Phi) is 4.55. The number of aromatic nitrogens is 2. The first-order valence-corrected chi connectivity index (χ1v) is 9.30. The molecule has 2 rings (SSSR count). The Bertz CT molecular complexity index is 636. The smallest absolute Gasteiger partial charge is 0.274 e. The number of sulfone groups is 1. The third kappa shape index (κ3) is 3.24. The predicted octanol–water partition coefficient (Wildman–Crippen LogP) is 1.11. The van der Waals surface area contributed by atoms with Crippen LogP contribution in [0.5, 0.6) is 0 Å². The minimum atomic E-state index is -3.04. The van der Waals surface area contributed by atoms with E-state index in [1.807, 2.05) is 0 Å². The molecule has 0 N–H and O–H groups in total. The Morgan fingerprint density at radius 2 is 2.25 bits per heavy atom. The highest BCUT2D eigenvalue weighted by atomic mass is 35.5. The number of thioether (sulfide) groups is 1. The topological polar surface area (TPSA) is 80.2 Å². The summed E-state index contributed by atoms with van der Waals surface area (Å²) < 4.78 is 23.0. The Hall–Kier alpha value is -0.860. The molecule has 110 valence electrons. The fourth-order valence-electron chi connectivity index (χ4n) is 2.01. The first-order valence-electron chi connectivity index (χ1n) is 5.88. The maximum atomic E-state index is 12.4. The number of halogens is 1. The highest BCUT2D eigenvalue weighted by Crippen LogP contribution is 2.22. The summed E-state index contributed by atoms with van der Waals surface area (Å²) in [6, 6.07) is -0.323. The zero-order chi connectivity index (χ0) is 14.9. The fraction of sp³-hybridized carbons (Fsp3) is 0.545. The van der Waals surface area contributed by atoms with Gasteiger partial charge >= 0.3 is 0 Å². The van der Waals surface area contributed by atoms with Gasteiger partial charge in [0.1, 0.15) is 0 Å². The van der Waals surface area contributed by atoms with E-state index in [2.05, 4.69) is 9.97 Å². The second kappa shape index (κ2) is 5.87. The van der Waals surface area contributed by atoms with E-state index in [0.717, 1.165) is 0 Å². The third-order valence-electron chi connectivity index (χ3n) is 3.18. The summed E-state index contributed by atoms with van der Waals surface area (Å²) in [6.07, 6.45) is 3.63. The van der Waals surface area contributed by atoms with E-state index in [0.29, 0.717) is 11.6 Å². The lowest BCUT2D eigenvalue weighted by Crippen LogP contribution is -2.38. The second-order valence-electron chi connectivity index (χ2n) is 4.53. The van der Waals surface area contributed by atoms with Gasteiger partial charge in [0.05, 0.1) is 22.7 Å². The summed E-state index contributed by atoms with van der Waals surface area (Å²) in [4.78, 5) is 21.9. The lowest BCUT2D eigenvalue weighted by molar-refractivity contribution is 0.0741. The van der Waals surface area contributed by atoms with Crippen LogP contribution in [-0.4, -0.2) is 60.0 Å². The summed E-state index contributed by atoms with van der Waals surface area (Å²) in [5.74, 6) is -0.272. The molecule has 2 heterocycles. The average Bonchev–Trinajstić information content (AvgIpc) is 2.78. The first kappa shape index (κ1) is 15.5. The molecule has 6 nitrogen and oxygen atoms in total. The van der Waals surface area contributed by atoms with Gasteiger partial charge in [0, 0.05) is 13.1 Å². The summed E-state index contributed by atoms with van der Waals surface area (Å²) in [6.45, 7) is 0. The van der Waals surface area contributed by atoms with Crippen LogP contribution in [0.1, 0.15) is 16.9 Å². The molecule has 1 aromatic rings. The van der Waals surface area contributed by atoms with Crippen LogP contribution in [0.25, 0.3) is 0 Å². The summed E-state index contributed by atoms with van der Waals surface area (Å²) in [7, 11) is -1.47. The highest BCUT2D eigenvalue weighted by Gasteiger charge is 2.34. The Balaban J connectivity index is 2.23. The van der Waals surface area contributed by atoms with E-state index in [-0.39, 0.29) is 34.2 Å². The molecule has 1 atom stereocenters. The van der Waals surface area contributed by atoms with E-state index in [1.165, 1.54) is 22.9 Å². The minimum Gasteiger partial charge on any atom is -0.336 e. The molecule has 1 unspecified atom stereocenters. The van der Waals surface area contributed by atoms with Crippen molar-refractivity contribution in [2.24, 2.45) is 0 Å². The number of hydrogen-bond donors (Lipinski definition) is 0. The van der Waals surface area contributed by atoms with Gasteiger partial charge in [-0.2, -0.15) is 0 Å². The third-order valence-corrected chi connectivity index (χ3v) is 5.77. The number of carbonyl (C=O) groups is 1. The molecule has 1 amide bonds. The van der Waals surface area contributed by atoms with Crippen molar-refractivity contribution < 1.29 is 13.2 Å². The molecule has 0 radical (unpaired) electrons. The van der Waals surface area contributed by atoms with Gasteiger partial charge in [-0.1, -0.05) is 23.4 Å². The van der Waals surface area contributed by atoms with Crippen LogP contribution < -0.4 is 0 Å². The van der Waals surface area contributed by atoms with Crippen molar-refractivity contribution in [2.75, 3.05) is 24.8 Å². The van der Waals surface area contributed by atoms with Gasteiger partial charge in [-0.3, -0.25) is 4.79 Å². The van der Waals surface area contributed by atoms with Crippen LogP contribution in [-0.2, 0) is 9.84 Å². The van der Waals surface area contributed by atoms with Crippen LogP contribution >= 0.6 is 23.4 Å². The van der Waals surface area contributed by atoms with Crippen molar-refractivity contribution in [2.45, 2.75) is 17.6 Å².